The Bertz CT molecular complexity index is 743. The molecular formula is C20H27N5O. The van der Waals surface area contributed by atoms with E-state index in [-0.39, 0.29) is 11.9 Å². The Labute approximate surface area is 155 Å². The lowest BCUT2D eigenvalue weighted by atomic mass is 10.1. The van der Waals surface area contributed by atoms with E-state index in [0.717, 1.165) is 36.8 Å². The summed E-state index contributed by atoms with van der Waals surface area (Å²) in [5.74, 6) is 0.721. The highest BCUT2D eigenvalue weighted by Crippen LogP contribution is 2.19. The molecule has 3 heterocycles. The van der Waals surface area contributed by atoms with Gasteiger partial charge in [-0.1, -0.05) is 13.0 Å². The molecule has 0 aliphatic carbocycles. The summed E-state index contributed by atoms with van der Waals surface area (Å²) in [6.07, 6.45) is 7.28. The molecule has 2 aromatic rings. The molecule has 1 aliphatic rings. The first-order chi connectivity index (χ1) is 12.6. The predicted octanol–water partition coefficient (Wildman–Crippen LogP) is 2.74. The second-order valence-corrected chi connectivity index (χ2v) is 6.87. The highest BCUT2D eigenvalue weighted by molar-refractivity contribution is 5.95. The van der Waals surface area contributed by atoms with Crippen LogP contribution in [0.2, 0.25) is 0 Å². The molecule has 2 aromatic heterocycles. The molecule has 1 fully saturated rings. The molecular weight excluding hydrogens is 326 g/mol. The lowest BCUT2D eigenvalue weighted by molar-refractivity contribution is 0.0741. The van der Waals surface area contributed by atoms with Crippen molar-refractivity contribution in [3.8, 4) is 0 Å². The van der Waals surface area contributed by atoms with Crippen molar-refractivity contribution in [3.63, 3.8) is 0 Å². The molecule has 26 heavy (non-hydrogen) atoms. The van der Waals surface area contributed by atoms with Crippen LogP contribution in [0.1, 0.15) is 48.4 Å². The zero-order valence-corrected chi connectivity index (χ0v) is 15.9. The van der Waals surface area contributed by atoms with Crippen molar-refractivity contribution < 1.29 is 4.79 Å². The standard InChI is InChI=1S/C20H27N5O/c1-4-18-17(14-22-20(23-18)25-11-7-8-12-25)19(26)24(3)15(2)13-16-9-5-6-10-21-16/h5-6,9-10,14-15H,4,7-8,11-13H2,1-3H3/t15-/m0/s1. The van der Waals surface area contributed by atoms with Crippen LogP contribution in [-0.2, 0) is 12.8 Å². The summed E-state index contributed by atoms with van der Waals surface area (Å²) in [6.45, 7) is 6.07. The number of aromatic nitrogens is 3. The molecule has 0 N–H and O–H groups in total. The fraction of sp³-hybridized carbons (Fsp3) is 0.500. The van der Waals surface area contributed by atoms with Crippen molar-refractivity contribution in [1.29, 1.82) is 0 Å². The van der Waals surface area contributed by atoms with Gasteiger partial charge in [0.1, 0.15) is 0 Å². The van der Waals surface area contributed by atoms with Crippen molar-refractivity contribution >= 4 is 11.9 Å². The Kier molecular flexibility index (Phi) is 5.81. The van der Waals surface area contributed by atoms with Gasteiger partial charge in [0.2, 0.25) is 5.95 Å². The van der Waals surface area contributed by atoms with Gasteiger partial charge in [-0.25, -0.2) is 9.97 Å². The van der Waals surface area contributed by atoms with Crippen LogP contribution in [0.25, 0.3) is 0 Å². The number of carbonyl (C=O) groups excluding carboxylic acids is 1. The molecule has 0 unspecified atom stereocenters. The largest absolute Gasteiger partial charge is 0.341 e. The number of amides is 1. The number of carbonyl (C=O) groups is 1. The second-order valence-electron chi connectivity index (χ2n) is 6.87. The van der Waals surface area contributed by atoms with E-state index in [4.69, 9.17) is 0 Å². The zero-order valence-electron chi connectivity index (χ0n) is 15.9. The SMILES string of the molecule is CCc1nc(N2CCCC2)ncc1C(=O)N(C)[C@@H](C)Cc1ccccn1. The quantitative estimate of drug-likeness (QED) is 0.799. The van der Waals surface area contributed by atoms with Crippen LogP contribution >= 0.6 is 0 Å². The number of nitrogens with zero attached hydrogens (tertiary/aromatic N) is 5. The number of aryl methyl sites for hydroxylation is 1. The van der Waals surface area contributed by atoms with E-state index in [0.29, 0.717) is 12.0 Å². The first kappa shape index (κ1) is 18.3. The molecule has 0 saturated carbocycles. The van der Waals surface area contributed by atoms with Crippen molar-refractivity contribution in [1.82, 2.24) is 19.9 Å². The van der Waals surface area contributed by atoms with E-state index < -0.39 is 0 Å². The summed E-state index contributed by atoms with van der Waals surface area (Å²) in [6, 6.07) is 5.90. The number of hydrogen-bond donors (Lipinski definition) is 0. The van der Waals surface area contributed by atoms with Crippen LogP contribution in [-0.4, -0.2) is 51.9 Å². The summed E-state index contributed by atoms with van der Waals surface area (Å²) in [7, 11) is 1.84. The van der Waals surface area contributed by atoms with Crippen molar-refractivity contribution in [2.24, 2.45) is 0 Å². The van der Waals surface area contributed by atoms with Gasteiger partial charge in [-0.2, -0.15) is 0 Å². The smallest absolute Gasteiger partial charge is 0.257 e. The van der Waals surface area contributed by atoms with E-state index in [1.54, 1.807) is 17.3 Å². The van der Waals surface area contributed by atoms with Gasteiger partial charge in [-0.3, -0.25) is 9.78 Å². The monoisotopic (exact) mass is 353 g/mol. The lowest BCUT2D eigenvalue weighted by Gasteiger charge is -2.26. The van der Waals surface area contributed by atoms with Crippen LogP contribution in [0.3, 0.4) is 0 Å². The van der Waals surface area contributed by atoms with Crippen molar-refractivity contribution in [2.75, 3.05) is 25.0 Å². The number of likely N-dealkylation sites (N-methyl/N-ethyl adjacent to an activating group) is 1. The van der Waals surface area contributed by atoms with E-state index in [1.165, 1.54) is 12.8 Å². The fourth-order valence-electron chi connectivity index (χ4n) is 3.27. The maximum absolute atomic E-state index is 13.0. The molecule has 1 aliphatic heterocycles. The molecule has 6 heteroatoms. The maximum Gasteiger partial charge on any atom is 0.257 e. The van der Waals surface area contributed by atoms with Gasteiger partial charge in [0.25, 0.3) is 5.91 Å². The summed E-state index contributed by atoms with van der Waals surface area (Å²) in [5.41, 5.74) is 2.41. The Balaban J connectivity index is 1.75. The minimum Gasteiger partial charge on any atom is -0.341 e. The van der Waals surface area contributed by atoms with E-state index in [1.807, 2.05) is 39.1 Å². The van der Waals surface area contributed by atoms with Gasteiger partial charge >= 0.3 is 0 Å². The molecule has 1 amide bonds. The average molecular weight is 353 g/mol. The van der Waals surface area contributed by atoms with Gasteiger partial charge in [-0.05, 0) is 38.3 Å². The molecule has 138 valence electrons. The Morgan fingerprint density at radius 3 is 2.69 bits per heavy atom. The fourth-order valence-corrected chi connectivity index (χ4v) is 3.27. The van der Waals surface area contributed by atoms with Crippen LogP contribution in [0.4, 0.5) is 5.95 Å². The summed E-state index contributed by atoms with van der Waals surface area (Å²) >= 11 is 0. The van der Waals surface area contributed by atoms with Gasteiger partial charge < -0.3 is 9.80 Å². The first-order valence-electron chi connectivity index (χ1n) is 9.38. The van der Waals surface area contributed by atoms with Gasteiger partial charge in [0, 0.05) is 50.7 Å². The zero-order chi connectivity index (χ0) is 18.5. The Morgan fingerprint density at radius 1 is 1.27 bits per heavy atom. The third-order valence-corrected chi connectivity index (χ3v) is 5.02. The molecule has 0 aromatic carbocycles. The summed E-state index contributed by atoms with van der Waals surface area (Å²) in [5, 5.41) is 0. The molecule has 1 atom stereocenters. The lowest BCUT2D eigenvalue weighted by Crippen LogP contribution is -2.37. The number of pyridine rings is 1. The number of hydrogen-bond acceptors (Lipinski definition) is 5. The van der Waals surface area contributed by atoms with Crippen molar-refractivity contribution in [3.05, 3.63) is 47.5 Å². The topological polar surface area (TPSA) is 62.2 Å². The second kappa shape index (κ2) is 8.25. The molecule has 3 rings (SSSR count). The van der Waals surface area contributed by atoms with Crippen molar-refractivity contribution in [2.45, 2.75) is 45.6 Å². The predicted molar refractivity (Wildman–Crippen MR) is 102 cm³/mol. The summed E-state index contributed by atoms with van der Waals surface area (Å²) in [4.78, 5) is 30.5. The van der Waals surface area contributed by atoms with Crippen LogP contribution in [0.5, 0.6) is 0 Å². The minimum absolute atomic E-state index is 0.0294. The maximum atomic E-state index is 13.0. The third kappa shape index (κ3) is 4.00. The summed E-state index contributed by atoms with van der Waals surface area (Å²) < 4.78 is 0. The number of rotatable bonds is 6. The third-order valence-electron chi connectivity index (χ3n) is 5.02. The Morgan fingerprint density at radius 2 is 2.04 bits per heavy atom. The van der Waals surface area contributed by atoms with Crippen LogP contribution in [0, 0.1) is 0 Å². The highest BCUT2D eigenvalue weighted by atomic mass is 16.2. The Hall–Kier alpha value is -2.50. The molecule has 1 saturated heterocycles. The van der Waals surface area contributed by atoms with Crippen LogP contribution < -0.4 is 4.90 Å². The first-order valence-corrected chi connectivity index (χ1v) is 9.38. The van der Waals surface area contributed by atoms with Gasteiger partial charge in [0.05, 0.1) is 11.3 Å². The minimum atomic E-state index is -0.0294. The van der Waals surface area contributed by atoms with Gasteiger partial charge in [-0.15, -0.1) is 0 Å². The normalized spacial score (nSPS) is 15.1. The van der Waals surface area contributed by atoms with E-state index >= 15 is 0 Å². The molecule has 0 spiro atoms. The molecule has 0 radical (unpaired) electrons. The van der Waals surface area contributed by atoms with Gasteiger partial charge in [0.15, 0.2) is 0 Å². The molecule has 0 bridgehead atoms. The van der Waals surface area contributed by atoms with E-state index in [2.05, 4.69) is 19.9 Å². The molecule has 6 nitrogen and oxygen atoms in total. The van der Waals surface area contributed by atoms with Crippen LogP contribution in [0.15, 0.2) is 30.6 Å². The average Bonchev–Trinajstić information content (AvgIpc) is 3.22. The highest BCUT2D eigenvalue weighted by Gasteiger charge is 2.23. The van der Waals surface area contributed by atoms with E-state index in [9.17, 15) is 4.79 Å². The number of anilines is 1.